The highest BCUT2D eigenvalue weighted by atomic mass is 79.9. The van der Waals surface area contributed by atoms with Crippen LogP contribution in [-0.4, -0.2) is 32.9 Å². The first-order valence-corrected chi connectivity index (χ1v) is 9.83. The molecule has 4 rings (SSSR count). The Kier molecular flexibility index (Phi) is 4.95. The minimum Gasteiger partial charge on any atom is -0.464 e. The fourth-order valence-electron chi connectivity index (χ4n) is 3.97. The fraction of sp³-hybridized carbons (Fsp3) is 0.421. The number of esters is 1. The SMILES string of the molecule is CCOC(=O)[C@@H](c1ncn2c1CCC2)N1Cc2c(cc(Br)cc2C(F)F)C1=O. The number of alkyl halides is 2. The van der Waals surface area contributed by atoms with Gasteiger partial charge in [-0.1, -0.05) is 15.9 Å². The standard InChI is InChI=1S/C19H18BrF2N3O3/c1-2-28-19(27)16(15-14-4-3-5-24(14)9-23-15)25-8-13-11(17(21)22)6-10(20)7-12(13)18(25)26/h6-7,9,16-17H,2-5,8H2,1H3/t16-/m1/s1. The lowest BCUT2D eigenvalue weighted by Gasteiger charge is -2.25. The molecule has 3 heterocycles. The van der Waals surface area contributed by atoms with E-state index < -0.39 is 24.3 Å². The van der Waals surface area contributed by atoms with Gasteiger partial charge in [-0.3, -0.25) is 4.79 Å². The van der Waals surface area contributed by atoms with Crippen LogP contribution in [0, 0.1) is 0 Å². The van der Waals surface area contributed by atoms with Gasteiger partial charge in [-0.05, 0) is 37.5 Å². The molecule has 148 valence electrons. The Morgan fingerprint density at radius 2 is 2.18 bits per heavy atom. The van der Waals surface area contributed by atoms with Crippen LogP contribution in [0.2, 0.25) is 0 Å². The van der Waals surface area contributed by atoms with Gasteiger partial charge in [0.05, 0.1) is 18.6 Å². The Hall–Kier alpha value is -2.29. The zero-order valence-corrected chi connectivity index (χ0v) is 16.7. The summed E-state index contributed by atoms with van der Waals surface area (Å²) in [5.41, 5.74) is 1.56. The first-order chi connectivity index (χ1) is 13.4. The summed E-state index contributed by atoms with van der Waals surface area (Å²) in [4.78, 5) is 31.5. The van der Waals surface area contributed by atoms with E-state index in [4.69, 9.17) is 4.74 Å². The van der Waals surface area contributed by atoms with Gasteiger partial charge in [-0.15, -0.1) is 0 Å². The van der Waals surface area contributed by atoms with Crippen LogP contribution in [0.15, 0.2) is 22.9 Å². The van der Waals surface area contributed by atoms with Gasteiger partial charge < -0.3 is 14.2 Å². The molecule has 0 radical (unpaired) electrons. The molecule has 1 aromatic carbocycles. The van der Waals surface area contributed by atoms with Gasteiger partial charge in [0.2, 0.25) is 0 Å². The number of aromatic nitrogens is 2. The third-order valence-corrected chi connectivity index (χ3v) is 5.63. The molecular weight excluding hydrogens is 436 g/mol. The number of hydrogen-bond acceptors (Lipinski definition) is 4. The second-order valence-electron chi connectivity index (χ2n) is 6.78. The molecule has 0 spiro atoms. The van der Waals surface area contributed by atoms with Crippen LogP contribution < -0.4 is 0 Å². The Balaban J connectivity index is 1.78. The molecule has 2 aliphatic heterocycles. The molecule has 0 aliphatic carbocycles. The summed E-state index contributed by atoms with van der Waals surface area (Å²) in [6, 6.07) is 1.77. The predicted octanol–water partition coefficient (Wildman–Crippen LogP) is 3.79. The number of halogens is 3. The van der Waals surface area contributed by atoms with Crippen molar-refractivity contribution in [3.8, 4) is 0 Å². The van der Waals surface area contributed by atoms with Crippen molar-refractivity contribution < 1.29 is 23.1 Å². The summed E-state index contributed by atoms with van der Waals surface area (Å²) >= 11 is 3.19. The van der Waals surface area contributed by atoms with E-state index in [0.717, 1.165) is 25.1 Å². The molecule has 2 aliphatic rings. The number of benzene rings is 1. The maximum absolute atomic E-state index is 13.5. The fourth-order valence-corrected chi connectivity index (χ4v) is 4.44. The van der Waals surface area contributed by atoms with Crippen LogP contribution in [0.5, 0.6) is 0 Å². The molecule has 0 unspecified atom stereocenters. The van der Waals surface area contributed by atoms with E-state index >= 15 is 0 Å². The van der Waals surface area contributed by atoms with E-state index in [0.29, 0.717) is 10.2 Å². The van der Waals surface area contributed by atoms with Crippen LogP contribution >= 0.6 is 15.9 Å². The van der Waals surface area contributed by atoms with Crippen LogP contribution in [0.4, 0.5) is 8.78 Å². The van der Waals surface area contributed by atoms with Crippen LogP contribution in [0.25, 0.3) is 0 Å². The highest BCUT2D eigenvalue weighted by Gasteiger charge is 2.42. The summed E-state index contributed by atoms with van der Waals surface area (Å²) in [5.74, 6) is -1.08. The van der Waals surface area contributed by atoms with Gasteiger partial charge in [-0.25, -0.2) is 18.6 Å². The maximum atomic E-state index is 13.5. The van der Waals surface area contributed by atoms with Crippen molar-refractivity contribution >= 4 is 27.8 Å². The summed E-state index contributed by atoms with van der Waals surface area (Å²) in [6.07, 6.45) is 0.598. The number of rotatable bonds is 5. The first-order valence-electron chi connectivity index (χ1n) is 9.04. The summed E-state index contributed by atoms with van der Waals surface area (Å²) in [6.45, 7) is 2.54. The molecule has 2 aromatic rings. The highest BCUT2D eigenvalue weighted by Crippen LogP contribution is 2.39. The van der Waals surface area contributed by atoms with Crippen molar-refractivity contribution in [1.29, 1.82) is 0 Å². The molecule has 0 saturated carbocycles. The molecule has 0 N–H and O–H groups in total. The van der Waals surface area contributed by atoms with Gasteiger partial charge >= 0.3 is 5.97 Å². The first kappa shape index (κ1) is 19.0. The third-order valence-electron chi connectivity index (χ3n) is 5.18. The molecule has 0 bridgehead atoms. The lowest BCUT2D eigenvalue weighted by atomic mass is 10.0. The molecule has 1 atom stereocenters. The van der Waals surface area contributed by atoms with E-state index in [1.54, 1.807) is 13.3 Å². The zero-order chi connectivity index (χ0) is 20.0. The smallest absolute Gasteiger partial charge is 0.335 e. The Morgan fingerprint density at radius 1 is 1.39 bits per heavy atom. The number of nitrogens with zero attached hydrogens (tertiary/aromatic N) is 3. The number of carbonyl (C=O) groups excluding carboxylic acids is 2. The summed E-state index contributed by atoms with van der Waals surface area (Å²) in [5, 5.41) is 0. The van der Waals surface area contributed by atoms with Gasteiger partial charge in [0.25, 0.3) is 12.3 Å². The average molecular weight is 454 g/mol. The van der Waals surface area contributed by atoms with Crippen LogP contribution in [0.1, 0.15) is 58.7 Å². The molecule has 1 aromatic heterocycles. The number of fused-ring (bicyclic) bond motifs is 2. The molecule has 28 heavy (non-hydrogen) atoms. The number of aryl methyl sites for hydroxylation is 1. The number of amides is 1. The van der Waals surface area contributed by atoms with E-state index in [-0.39, 0.29) is 29.8 Å². The van der Waals surface area contributed by atoms with E-state index in [1.165, 1.54) is 17.0 Å². The van der Waals surface area contributed by atoms with Crippen molar-refractivity contribution in [3.63, 3.8) is 0 Å². The van der Waals surface area contributed by atoms with Crippen LogP contribution in [0.3, 0.4) is 0 Å². The zero-order valence-electron chi connectivity index (χ0n) is 15.1. The molecule has 6 nitrogen and oxygen atoms in total. The summed E-state index contributed by atoms with van der Waals surface area (Å²) < 4.78 is 34.6. The summed E-state index contributed by atoms with van der Waals surface area (Å²) in [7, 11) is 0. The Labute approximate surface area is 168 Å². The minimum absolute atomic E-state index is 0.0864. The van der Waals surface area contributed by atoms with Crippen LogP contribution in [-0.2, 0) is 29.0 Å². The largest absolute Gasteiger partial charge is 0.464 e. The second kappa shape index (κ2) is 7.27. The van der Waals surface area contributed by atoms with Gasteiger partial charge in [0.15, 0.2) is 6.04 Å². The van der Waals surface area contributed by atoms with Gasteiger partial charge in [-0.2, -0.15) is 0 Å². The van der Waals surface area contributed by atoms with Gasteiger partial charge in [0, 0.05) is 34.4 Å². The van der Waals surface area contributed by atoms with E-state index in [1.807, 2.05) is 4.57 Å². The lowest BCUT2D eigenvalue weighted by molar-refractivity contribution is -0.149. The number of imidazole rings is 1. The van der Waals surface area contributed by atoms with Crippen molar-refractivity contribution in [3.05, 3.63) is 51.0 Å². The van der Waals surface area contributed by atoms with Gasteiger partial charge in [0.1, 0.15) is 0 Å². The van der Waals surface area contributed by atoms with Crippen molar-refractivity contribution in [2.75, 3.05) is 6.61 Å². The van der Waals surface area contributed by atoms with E-state index in [2.05, 4.69) is 20.9 Å². The highest BCUT2D eigenvalue weighted by molar-refractivity contribution is 9.10. The topological polar surface area (TPSA) is 64.4 Å². The molecular formula is C19H18BrF2N3O3. The van der Waals surface area contributed by atoms with Crippen molar-refractivity contribution in [2.24, 2.45) is 0 Å². The van der Waals surface area contributed by atoms with E-state index in [9.17, 15) is 18.4 Å². The quantitative estimate of drug-likeness (QED) is 0.646. The molecule has 0 fully saturated rings. The number of ether oxygens (including phenoxy) is 1. The Morgan fingerprint density at radius 3 is 2.89 bits per heavy atom. The predicted molar refractivity (Wildman–Crippen MR) is 98.9 cm³/mol. The third kappa shape index (κ3) is 3.01. The Bertz CT molecular complexity index is 960. The normalized spacial score (nSPS) is 16.5. The van der Waals surface area contributed by atoms with Crippen molar-refractivity contribution in [2.45, 2.75) is 45.3 Å². The van der Waals surface area contributed by atoms with Crippen molar-refractivity contribution in [1.82, 2.24) is 14.5 Å². The second-order valence-corrected chi connectivity index (χ2v) is 7.70. The maximum Gasteiger partial charge on any atom is 0.335 e. The number of hydrogen-bond donors (Lipinski definition) is 0. The minimum atomic E-state index is -2.73. The molecule has 0 saturated heterocycles. The monoisotopic (exact) mass is 453 g/mol. The number of carbonyl (C=O) groups is 2. The lowest BCUT2D eigenvalue weighted by Crippen LogP contribution is -2.36. The molecule has 1 amide bonds. The average Bonchev–Trinajstić information content (AvgIpc) is 3.33. The molecule has 9 heteroatoms.